The lowest BCUT2D eigenvalue weighted by Gasteiger charge is -2.09. The molecule has 0 spiro atoms. The molecule has 1 aliphatic rings. The predicted octanol–water partition coefficient (Wildman–Crippen LogP) is 2.31. The summed E-state index contributed by atoms with van der Waals surface area (Å²) >= 11 is 0. The van der Waals surface area contributed by atoms with Crippen molar-refractivity contribution in [2.24, 2.45) is 0 Å². The van der Waals surface area contributed by atoms with Crippen LogP contribution in [0.25, 0.3) is 10.9 Å². The average Bonchev–Trinajstić information content (AvgIpc) is 3.42. The van der Waals surface area contributed by atoms with Gasteiger partial charge >= 0.3 is 0 Å². The van der Waals surface area contributed by atoms with Crippen LogP contribution in [-0.2, 0) is 11.3 Å². The second-order valence-corrected chi connectivity index (χ2v) is 6.44. The average molecular weight is 349 g/mol. The third kappa shape index (κ3) is 3.28. The van der Waals surface area contributed by atoms with Crippen LogP contribution in [0.5, 0.6) is 0 Å². The quantitative estimate of drug-likeness (QED) is 0.740. The van der Waals surface area contributed by atoms with Crippen molar-refractivity contribution in [3.8, 4) is 0 Å². The number of pyridine rings is 1. The first-order valence-corrected chi connectivity index (χ1v) is 8.58. The molecule has 1 aromatic carbocycles. The molecule has 2 amide bonds. The zero-order valence-electron chi connectivity index (χ0n) is 14.4. The van der Waals surface area contributed by atoms with Crippen molar-refractivity contribution in [1.29, 1.82) is 0 Å². The van der Waals surface area contributed by atoms with E-state index in [1.165, 1.54) is 10.9 Å². The van der Waals surface area contributed by atoms with Gasteiger partial charge in [-0.1, -0.05) is 18.2 Å². The molecule has 2 aromatic heterocycles. The maximum Gasteiger partial charge on any atom is 0.256 e. The van der Waals surface area contributed by atoms with E-state index in [0.717, 1.165) is 29.4 Å². The summed E-state index contributed by atoms with van der Waals surface area (Å²) in [6.07, 6.45) is 5.42. The lowest BCUT2D eigenvalue weighted by Crippen LogP contribution is -2.23. The number of aromatic nitrogens is 3. The van der Waals surface area contributed by atoms with E-state index in [1.54, 1.807) is 13.2 Å². The second kappa shape index (κ2) is 6.59. The highest BCUT2D eigenvalue weighted by atomic mass is 16.2. The molecule has 0 bridgehead atoms. The normalized spacial score (nSPS) is 13.6. The van der Waals surface area contributed by atoms with Crippen LogP contribution in [0.15, 0.2) is 42.7 Å². The maximum absolute atomic E-state index is 12.9. The van der Waals surface area contributed by atoms with Crippen molar-refractivity contribution in [1.82, 2.24) is 20.1 Å². The van der Waals surface area contributed by atoms with E-state index in [-0.39, 0.29) is 18.4 Å². The van der Waals surface area contributed by atoms with Gasteiger partial charge in [0.15, 0.2) is 0 Å². The summed E-state index contributed by atoms with van der Waals surface area (Å²) in [7, 11) is 1.57. The Bertz CT molecular complexity index is 991. The minimum atomic E-state index is -0.204. The van der Waals surface area contributed by atoms with E-state index < -0.39 is 0 Å². The van der Waals surface area contributed by atoms with Crippen molar-refractivity contribution in [2.75, 3.05) is 12.4 Å². The van der Waals surface area contributed by atoms with Crippen LogP contribution in [0, 0.1) is 0 Å². The molecular weight excluding hydrogens is 330 g/mol. The highest BCUT2D eigenvalue weighted by molar-refractivity contribution is 6.12. The summed E-state index contributed by atoms with van der Waals surface area (Å²) < 4.78 is 1.48. The van der Waals surface area contributed by atoms with Gasteiger partial charge < -0.3 is 10.6 Å². The van der Waals surface area contributed by atoms with Gasteiger partial charge in [0.2, 0.25) is 5.91 Å². The number of fused-ring (bicyclic) bond motifs is 1. The van der Waals surface area contributed by atoms with E-state index in [0.29, 0.717) is 17.2 Å². The van der Waals surface area contributed by atoms with Crippen LogP contribution in [0.2, 0.25) is 0 Å². The smallest absolute Gasteiger partial charge is 0.256 e. The Kier molecular flexibility index (Phi) is 4.12. The lowest BCUT2D eigenvalue weighted by molar-refractivity contribution is -0.121. The lowest BCUT2D eigenvalue weighted by atomic mass is 10.1. The number of nitrogens with zero attached hydrogens (tertiary/aromatic N) is 3. The number of para-hydroxylation sites is 1. The number of carbonyl (C=O) groups excluding carboxylic acids is 2. The molecular formula is C19H19N5O2. The fourth-order valence-electron chi connectivity index (χ4n) is 2.91. The molecule has 7 heteroatoms. The van der Waals surface area contributed by atoms with Crippen molar-refractivity contribution >= 4 is 28.4 Å². The maximum atomic E-state index is 12.9. The van der Waals surface area contributed by atoms with Gasteiger partial charge in [-0.25, -0.2) is 0 Å². The standard InChI is InChI=1S/C19H19N5O2/c1-20-18(25)11-24-10-13(9-21-24)22-19(26)15-8-17(12-6-7-12)23-16-5-3-2-4-14(15)16/h2-5,8-10,12H,6-7,11H2,1H3,(H,20,25)(H,22,26). The molecule has 132 valence electrons. The summed E-state index contributed by atoms with van der Waals surface area (Å²) in [5.41, 5.74) is 2.96. The number of likely N-dealkylation sites (N-methyl/N-ethyl adjacent to an activating group) is 1. The number of amides is 2. The van der Waals surface area contributed by atoms with Crippen LogP contribution in [0.4, 0.5) is 5.69 Å². The number of anilines is 1. The molecule has 0 saturated heterocycles. The third-order valence-electron chi connectivity index (χ3n) is 4.45. The molecule has 26 heavy (non-hydrogen) atoms. The first-order valence-electron chi connectivity index (χ1n) is 8.58. The van der Waals surface area contributed by atoms with E-state index in [9.17, 15) is 9.59 Å². The molecule has 0 unspecified atom stereocenters. The fraction of sp³-hybridized carbons (Fsp3) is 0.263. The van der Waals surface area contributed by atoms with Crippen LogP contribution < -0.4 is 10.6 Å². The Morgan fingerprint density at radius 1 is 1.27 bits per heavy atom. The van der Waals surface area contributed by atoms with E-state index in [2.05, 4.69) is 15.7 Å². The number of rotatable bonds is 5. The molecule has 2 N–H and O–H groups in total. The number of benzene rings is 1. The highest BCUT2D eigenvalue weighted by Crippen LogP contribution is 2.40. The molecule has 1 fully saturated rings. The molecule has 0 aliphatic heterocycles. The van der Waals surface area contributed by atoms with Gasteiger partial charge in [0.1, 0.15) is 6.54 Å². The minimum Gasteiger partial charge on any atom is -0.358 e. The predicted molar refractivity (Wildman–Crippen MR) is 98.0 cm³/mol. The van der Waals surface area contributed by atoms with Crippen LogP contribution in [-0.4, -0.2) is 33.6 Å². The van der Waals surface area contributed by atoms with Gasteiger partial charge in [-0.3, -0.25) is 19.3 Å². The summed E-state index contributed by atoms with van der Waals surface area (Å²) in [6.45, 7) is 0.108. The molecule has 4 rings (SSSR count). The van der Waals surface area contributed by atoms with Gasteiger partial charge in [0.25, 0.3) is 5.91 Å². The van der Waals surface area contributed by atoms with Gasteiger partial charge in [-0.05, 0) is 25.0 Å². The Hall–Kier alpha value is -3.22. The molecule has 0 radical (unpaired) electrons. The van der Waals surface area contributed by atoms with Crippen molar-refractivity contribution in [3.05, 3.63) is 54.0 Å². The number of nitrogens with one attached hydrogen (secondary N) is 2. The Morgan fingerprint density at radius 2 is 2.08 bits per heavy atom. The molecule has 3 aromatic rings. The first kappa shape index (κ1) is 16.3. The second-order valence-electron chi connectivity index (χ2n) is 6.44. The molecule has 7 nitrogen and oxygen atoms in total. The van der Waals surface area contributed by atoms with Gasteiger partial charge in [0, 0.05) is 30.2 Å². The topological polar surface area (TPSA) is 88.9 Å². The third-order valence-corrected chi connectivity index (χ3v) is 4.45. The monoisotopic (exact) mass is 349 g/mol. The Balaban J connectivity index is 1.61. The molecule has 2 heterocycles. The number of hydrogen-bond acceptors (Lipinski definition) is 4. The van der Waals surface area contributed by atoms with Crippen molar-refractivity contribution < 1.29 is 9.59 Å². The van der Waals surface area contributed by atoms with E-state index in [1.807, 2.05) is 30.3 Å². The van der Waals surface area contributed by atoms with Crippen molar-refractivity contribution in [2.45, 2.75) is 25.3 Å². The zero-order chi connectivity index (χ0) is 18.1. The van der Waals surface area contributed by atoms with Gasteiger partial charge in [-0.2, -0.15) is 5.10 Å². The van der Waals surface area contributed by atoms with Gasteiger partial charge in [0.05, 0.1) is 23.0 Å². The van der Waals surface area contributed by atoms with Crippen LogP contribution in [0.3, 0.4) is 0 Å². The number of carbonyl (C=O) groups is 2. The van der Waals surface area contributed by atoms with E-state index >= 15 is 0 Å². The highest BCUT2D eigenvalue weighted by Gasteiger charge is 2.27. The van der Waals surface area contributed by atoms with Crippen molar-refractivity contribution in [3.63, 3.8) is 0 Å². The van der Waals surface area contributed by atoms with Gasteiger partial charge in [-0.15, -0.1) is 0 Å². The summed E-state index contributed by atoms with van der Waals surface area (Å²) in [4.78, 5) is 29.0. The van der Waals surface area contributed by atoms with E-state index in [4.69, 9.17) is 4.98 Å². The fourth-order valence-corrected chi connectivity index (χ4v) is 2.91. The largest absolute Gasteiger partial charge is 0.358 e. The molecule has 0 atom stereocenters. The van der Waals surface area contributed by atoms with Crippen LogP contribution in [0.1, 0.15) is 34.8 Å². The molecule has 1 saturated carbocycles. The first-order chi connectivity index (χ1) is 12.6. The molecule has 1 aliphatic carbocycles. The van der Waals surface area contributed by atoms with Crippen LogP contribution >= 0.6 is 0 Å². The summed E-state index contributed by atoms with van der Waals surface area (Å²) in [5.74, 6) is 0.103. The Labute approximate surface area is 150 Å². The number of hydrogen-bond donors (Lipinski definition) is 2. The zero-order valence-corrected chi connectivity index (χ0v) is 14.4. The Morgan fingerprint density at radius 3 is 2.85 bits per heavy atom. The summed E-state index contributed by atoms with van der Waals surface area (Å²) in [6, 6.07) is 9.56. The SMILES string of the molecule is CNC(=O)Cn1cc(NC(=O)c2cc(C3CC3)nc3ccccc23)cn1. The summed E-state index contributed by atoms with van der Waals surface area (Å²) in [5, 5.41) is 10.3. The minimum absolute atomic E-state index is 0.108.